The highest BCUT2D eigenvalue weighted by Gasteiger charge is 2.06. The molecule has 1 aromatic carbocycles. The second-order valence-electron chi connectivity index (χ2n) is 7.03. The minimum absolute atomic E-state index is 0.0439. The van der Waals surface area contributed by atoms with Crippen LogP contribution in [0.15, 0.2) is 29.3 Å². The fourth-order valence-electron chi connectivity index (χ4n) is 2.53. The van der Waals surface area contributed by atoms with Crippen LogP contribution in [0.1, 0.15) is 69.3 Å². The summed E-state index contributed by atoms with van der Waals surface area (Å²) >= 11 is 0. The molecule has 0 heterocycles. The summed E-state index contributed by atoms with van der Waals surface area (Å²) in [5.41, 5.74) is 7.61. The van der Waals surface area contributed by atoms with Crippen LogP contribution in [0.4, 0.5) is 0 Å². The van der Waals surface area contributed by atoms with Gasteiger partial charge < -0.3 is 16.4 Å². The van der Waals surface area contributed by atoms with Gasteiger partial charge in [0.2, 0.25) is 0 Å². The van der Waals surface area contributed by atoms with Crippen LogP contribution < -0.4 is 16.4 Å². The molecule has 140 valence electrons. The highest BCUT2D eigenvalue weighted by Crippen LogP contribution is 2.09. The number of hydrogen-bond donors (Lipinski definition) is 3. The molecule has 5 nitrogen and oxygen atoms in total. The second-order valence-corrected chi connectivity index (χ2v) is 7.03. The van der Waals surface area contributed by atoms with Crippen LogP contribution in [-0.2, 0) is 6.54 Å². The first-order valence-corrected chi connectivity index (χ1v) is 9.36. The van der Waals surface area contributed by atoms with E-state index in [1.54, 1.807) is 0 Å². The number of rotatable bonds is 10. The zero-order valence-corrected chi connectivity index (χ0v) is 16.1. The maximum absolute atomic E-state index is 12.0. The van der Waals surface area contributed by atoms with E-state index in [4.69, 9.17) is 5.73 Å². The molecule has 0 aromatic heterocycles. The lowest BCUT2D eigenvalue weighted by Gasteiger charge is -2.15. The summed E-state index contributed by atoms with van der Waals surface area (Å²) in [6.45, 7) is 9.79. The van der Waals surface area contributed by atoms with Crippen molar-refractivity contribution in [1.29, 1.82) is 0 Å². The van der Waals surface area contributed by atoms with Gasteiger partial charge in [-0.05, 0) is 43.4 Å². The summed E-state index contributed by atoms with van der Waals surface area (Å²) in [5, 5.41) is 6.12. The van der Waals surface area contributed by atoms with Crippen molar-refractivity contribution < 1.29 is 4.79 Å². The quantitative estimate of drug-likeness (QED) is 0.448. The molecule has 0 bridgehead atoms. The maximum atomic E-state index is 12.0. The zero-order valence-electron chi connectivity index (χ0n) is 16.1. The fourth-order valence-corrected chi connectivity index (χ4v) is 2.53. The van der Waals surface area contributed by atoms with Crippen molar-refractivity contribution in [3.05, 3.63) is 35.4 Å². The molecule has 25 heavy (non-hydrogen) atoms. The number of amides is 1. The Balaban J connectivity index is 2.49. The Morgan fingerprint density at radius 3 is 2.68 bits per heavy atom. The number of nitrogens with one attached hydrogen (secondary N) is 2. The SMILES string of the molecule is CCCNC(=O)c1cccc(CN=C(N)NC(C)CCCC(C)C)c1. The van der Waals surface area contributed by atoms with Gasteiger partial charge in [-0.2, -0.15) is 0 Å². The summed E-state index contributed by atoms with van der Waals surface area (Å²) in [6, 6.07) is 7.84. The minimum Gasteiger partial charge on any atom is -0.370 e. The van der Waals surface area contributed by atoms with Crippen LogP contribution in [-0.4, -0.2) is 24.5 Å². The molecule has 4 N–H and O–H groups in total. The van der Waals surface area contributed by atoms with Crippen LogP contribution in [0, 0.1) is 5.92 Å². The van der Waals surface area contributed by atoms with E-state index in [2.05, 4.69) is 36.4 Å². The van der Waals surface area contributed by atoms with Crippen LogP contribution >= 0.6 is 0 Å². The van der Waals surface area contributed by atoms with E-state index in [9.17, 15) is 4.79 Å². The van der Waals surface area contributed by atoms with Gasteiger partial charge >= 0.3 is 0 Å². The molecule has 0 saturated carbocycles. The summed E-state index contributed by atoms with van der Waals surface area (Å²) in [5.74, 6) is 1.15. The molecular formula is C20H34N4O. The number of benzene rings is 1. The molecule has 1 aromatic rings. The first kappa shape index (κ1) is 21.0. The Bertz CT molecular complexity index is 554. The van der Waals surface area contributed by atoms with Crippen molar-refractivity contribution in [2.45, 2.75) is 66.0 Å². The van der Waals surface area contributed by atoms with Gasteiger partial charge in [-0.25, -0.2) is 4.99 Å². The Labute approximate surface area is 152 Å². The van der Waals surface area contributed by atoms with Crippen LogP contribution in [0.2, 0.25) is 0 Å². The molecule has 0 spiro atoms. The first-order chi connectivity index (χ1) is 11.9. The number of carbonyl (C=O) groups is 1. The summed E-state index contributed by atoms with van der Waals surface area (Å²) < 4.78 is 0. The third kappa shape index (κ3) is 9.13. The van der Waals surface area contributed by atoms with E-state index in [1.165, 1.54) is 12.8 Å². The Hall–Kier alpha value is -2.04. The molecule has 0 fully saturated rings. The molecule has 1 amide bonds. The molecule has 0 saturated heterocycles. The number of nitrogens with two attached hydrogens (primary N) is 1. The first-order valence-electron chi connectivity index (χ1n) is 9.36. The standard InChI is InChI=1S/C20H34N4O/c1-5-12-22-19(25)18-11-7-10-17(13-18)14-23-20(21)24-16(4)9-6-8-15(2)3/h7,10-11,13,15-16H,5-6,8-9,12,14H2,1-4H3,(H,22,25)(H3,21,23,24). The topological polar surface area (TPSA) is 79.5 Å². The molecule has 1 unspecified atom stereocenters. The summed E-state index contributed by atoms with van der Waals surface area (Å²) in [6.07, 6.45) is 4.43. The number of guanidine groups is 1. The third-order valence-electron chi connectivity index (χ3n) is 3.97. The number of nitrogens with zero attached hydrogens (tertiary/aromatic N) is 1. The van der Waals surface area contributed by atoms with Gasteiger partial charge in [0.05, 0.1) is 6.54 Å². The number of hydrogen-bond acceptors (Lipinski definition) is 2. The minimum atomic E-state index is -0.0439. The van der Waals surface area contributed by atoms with E-state index in [1.807, 2.05) is 31.2 Å². The van der Waals surface area contributed by atoms with E-state index in [0.717, 1.165) is 24.3 Å². The van der Waals surface area contributed by atoms with Gasteiger partial charge in [-0.15, -0.1) is 0 Å². The Morgan fingerprint density at radius 1 is 1.24 bits per heavy atom. The normalized spacial score (nSPS) is 12.9. The predicted octanol–water partition coefficient (Wildman–Crippen LogP) is 3.45. The number of aliphatic imine (C=N–C) groups is 1. The van der Waals surface area contributed by atoms with E-state index < -0.39 is 0 Å². The smallest absolute Gasteiger partial charge is 0.251 e. The summed E-state index contributed by atoms with van der Waals surface area (Å²) in [4.78, 5) is 16.4. The van der Waals surface area contributed by atoms with Gasteiger partial charge in [0.15, 0.2) is 5.96 Å². The van der Waals surface area contributed by atoms with E-state index >= 15 is 0 Å². The van der Waals surface area contributed by atoms with Crippen LogP contribution in [0.3, 0.4) is 0 Å². The fraction of sp³-hybridized carbons (Fsp3) is 0.600. The largest absolute Gasteiger partial charge is 0.370 e. The van der Waals surface area contributed by atoms with Crippen molar-refractivity contribution in [2.24, 2.45) is 16.6 Å². The van der Waals surface area contributed by atoms with Crippen LogP contribution in [0.25, 0.3) is 0 Å². The van der Waals surface area contributed by atoms with Crippen molar-refractivity contribution in [2.75, 3.05) is 6.54 Å². The van der Waals surface area contributed by atoms with Crippen LogP contribution in [0.5, 0.6) is 0 Å². The van der Waals surface area contributed by atoms with Crippen molar-refractivity contribution in [1.82, 2.24) is 10.6 Å². The van der Waals surface area contributed by atoms with Crippen molar-refractivity contribution in [3.63, 3.8) is 0 Å². The van der Waals surface area contributed by atoms with Gasteiger partial charge in [0, 0.05) is 18.2 Å². The van der Waals surface area contributed by atoms with Crippen molar-refractivity contribution in [3.8, 4) is 0 Å². The van der Waals surface area contributed by atoms with E-state index in [-0.39, 0.29) is 5.91 Å². The Kier molecular flexibility index (Phi) is 9.66. The molecule has 1 rings (SSSR count). The highest BCUT2D eigenvalue weighted by molar-refractivity contribution is 5.94. The molecule has 0 radical (unpaired) electrons. The van der Waals surface area contributed by atoms with Crippen molar-refractivity contribution >= 4 is 11.9 Å². The maximum Gasteiger partial charge on any atom is 0.251 e. The average molecular weight is 347 g/mol. The Morgan fingerprint density at radius 2 is 2.00 bits per heavy atom. The lowest BCUT2D eigenvalue weighted by Crippen LogP contribution is -2.38. The second kappa shape index (κ2) is 11.5. The lowest BCUT2D eigenvalue weighted by atomic mass is 10.0. The molecular weight excluding hydrogens is 312 g/mol. The molecule has 0 aliphatic heterocycles. The van der Waals surface area contributed by atoms with Gasteiger partial charge in [-0.1, -0.05) is 45.7 Å². The molecule has 0 aliphatic carbocycles. The average Bonchev–Trinajstić information content (AvgIpc) is 2.57. The molecule has 1 atom stereocenters. The summed E-state index contributed by atoms with van der Waals surface area (Å²) in [7, 11) is 0. The predicted molar refractivity (Wildman–Crippen MR) is 106 cm³/mol. The highest BCUT2D eigenvalue weighted by atomic mass is 16.1. The molecule has 0 aliphatic rings. The van der Waals surface area contributed by atoms with Gasteiger partial charge in [-0.3, -0.25) is 4.79 Å². The third-order valence-corrected chi connectivity index (χ3v) is 3.97. The molecule has 5 heteroatoms. The zero-order chi connectivity index (χ0) is 18.7. The van der Waals surface area contributed by atoms with Gasteiger partial charge in [0.25, 0.3) is 5.91 Å². The monoisotopic (exact) mass is 346 g/mol. The van der Waals surface area contributed by atoms with E-state index in [0.29, 0.717) is 30.7 Å². The number of carbonyl (C=O) groups excluding carboxylic acids is 1. The van der Waals surface area contributed by atoms with Gasteiger partial charge in [0.1, 0.15) is 0 Å². The lowest BCUT2D eigenvalue weighted by molar-refractivity contribution is 0.0953.